The van der Waals surface area contributed by atoms with Crippen LogP contribution in [0.15, 0.2) is 24.3 Å². The molecule has 1 aromatic rings. The van der Waals surface area contributed by atoms with Crippen LogP contribution in [0.4, 0.5) is 0 Å². The van der Waals surface area contributed by atoms with Gasteiger partial charge in [-0.15, -0.1) is 0 Å². The minimum atomic E-state index is -0.274. The smallest absolute Gasteiger partial charge is 0.307 e. The van der Waals surface area contributed by atoms with Crippen LogP contribution in [0.2, 0.25) is 0 Å². The zero-order valence-corrected chi connectivity index (χ0v) is 15.8. The van der Waals surface area contributed by atoms with Gasteiger partial charge in [-0.1, -0.05) is 31.5 Å². The molecular weight excluding hydrogens is 318 g/mol. The number of ether oxygens (including phenoxy) is 2. The van der Waals surface area contributed by atoms with Crippen LogP contribution in [-0.2, 0) is 14.3 Å². The zero-order chi connectivity index (χ0) is 18.5. The molecule has 0 saturated heterocycles. The monoisotopic (exact) mass is 349 g/mol. The summed E-state index contributed by atoms with van der Waals surface area (Å²) in [6, 6.07) is 7.52. The van der Waals surface area contributed by atoms with Gasteiger partial charge in [0.2, 0.25) is 0 Å². The van der Waals surface area contributed by atoms with Gasteiger partial charge < -0.3 is 14.4 Å². The van der Waals surface area contributed by atoms with Crippen molar-refractivity contribution in [2.75, 3.05) is 32.9 Å². The van der Waals surface area contributed by atoms with Crippen molar-refractivity contribution in [2.45, 2.75) is 46.5 Å². The lowest BCUT2D eigenvalue weighted by molar-refractivity contribution is -0.143. The molecule has 0 heterocycles. The number of carbonyl (C=O) groups excluding carboxylic acids is 2. The second-order valence-corrected chi connectivity index (χ2v) is 5.98. The average Bonchev–Trinajstić information content (AvgIpc) is 2.60. The molecule has 0 bridgehead atoms. The van der Waals surface area contributed by atoms with E-state index < -0.39 is 0 Å². The highest BCUT2D eigenvalue weighted by Crippen LogP contribution is 2.12. The second-order valence-electron chi connectivity index (χ2n) is 5.98. The van der Waals surface area contributed by atoms with Crippen LogP contribution in [0.25, 0.3) is 0 Å². The van der Waals surface area contributed by atoms with E-state index in [9.17, 15) is 9.59 Å². The summed E-state index contributed by atoms with van der Waals surface area (Å²) in [4.78, 5) is 26.2. The topological polar surface area (TPSA) is 55.8 Å². The van der Waals surface area contributed by atoms with E-state index >= 15 is 0 Å². The molecule has 140 valence electrons. The Bertz CT molecular complexity index is 530. The van der Waals surface area contributed by atoms with E-state index in [1.807, 2.05) is 31.2 Å². The molecule has 0 atom stereocenters. The Kier molecular flexibility index (Phi) is 10.6. The summed E-state index contributed by atoms with van der Waals surface area (Å²) >= 11 is 0. The fourth-order valence-corrected chi connectivity index (χ4v) is 2.46. The predicted octanol–water partition coefficient (Wildman–Crippen LogP) is 3.60. The summed E-state index contributed by atoms with van der Waals surface area (Å²) in [6.07, 6.45) is 3.12. The number of rotatable bonds is 12. The lowest BCUT2D eigenvalue weighted by Crippen LogP contribution is -2.35. The lowest BCUT2D eigenvalue weighted by Gasteiger charge is -2.23. The molecule has 0 N–H and O–H groups in total. The molecule has 1 aromatic carbocycles. The molecule has 0 aliphatic rings. The molecule has 5 heteroatoms. The summed E-state index contributed by atoms with van der Waals surface area (Å²) in [5.74, 6) is -0.319. The number of hydrogen-bond donors (Lipinski definition) is 0. The lowest BCUT2D eigenvalue weighted by atomic mass is 10.1. The molecule has 0 aromatic heterocycles. The van der Waals surface area contributed by atoms with Crippen LogP contribution in [0.5, 0.6) is 0 Å². The third kappa shape index (κ3) is 8.16. The van der Waals surface area contributed by atoms with Crippen LogP contribution < -0.4 is 0 Å². The molecule has 0 radical (unpaired) electrons. The summed E-state index contributed by atoms with van der Waals surface area (Å²) in [6.45, 7) is 8.49. The fourth-order valence-electron chi connectivity index (χ4n) is 2.46. The molecule has 0 unspecified atom stereocenters. The predicted molar refractivity (Wildman–Crippen MR) is 98.7 cm³/mol. The van der Waals surface area contributed by atoms with Crippen molar-refractivity contribution in [1.29, 1.82) is 0 Å². The molecule has 1 rings (SSSR count). The van der Waals surface area contributed by atoms with Crippen molar-refractivity contribution in [2.24, 2.45) is 0 Å². The number of benzene rings is 1. The minimum absolute atomic E-state index is 0.0454. The highest BCUT2D eigenvalue weighted by atomic mass is 16.5. The maximum absolute atomic E-state index is 12.8. The molecule has 0 spiro atoms. The number of aryl methyl sites for hydroxylation is 1. The standard InChI is InChI=1S/C20H31NO4/c1-4-6-15-24-16-9-13-21(14-12-19(22)25-5-2)20(23)18-11-8-7-10-17(18)3/h7-8,10-11H,4-6,9,12-16H2,1-3H3. The first-order chi connectivity index (χ1) is 12.1. The largest absolute Gasteiger partial charge is 0.466 e. The third-order valence-corrected chi connectivity index (χ3v) is 3.91. The first kappa shape index (κ1) is 21.2. The van der Waals surface area contributed by atoms with Gasteiger partial charge >= 0.3 is 5.97 Å². The van der Waals surface area contributed by atoms with Crippen molar-refractivity contribution in [3.05, 3.63) is 35.4 Å². The Labute approximate surface area is 151 Å². The third-order valence-electron chi connectivity index (χ3n) is 3.91. The van der Waals surface area contributed by atoms with Crippen LogP contribution in [-0.4, -0.2) is 49.7 Å². The van der Waals surface area contributed by atoms with Crippen molar-refractivity contribution in [3.8, 4) is 0 Å². The molecule has 0 aliphatic heterocycles. The van der Waals surface area contributed by atoms with E-state index in [1.165, 1.54) is 0 Å². The quantitative estimate of drug-likeness (QED) is 0.427. The van der Waals surface area contributed by atoms with E-state index in [-0.39, 0.29) is 18.3 Å². The number of carbonyl (C=O) groups is 2. The molecular formula is C20H31NO4. The maximum atomic E-state index is 12.8. The molecule has 0 saturated carbocycles. The second kappa shape index (κ2) is 12.5. The van der Waals surface area contributed by atoms with Gasteiger partial charge in [0, 0.05) is 31.9 Å². The normalized spacial score (nSPS) is 10.5. The van der Waals surface area contributed by atoms with E-state index in [2.05, 4.69) is 6.92 Å². The Morgan fingerprint density at radius 2 is 1.76 bits per heavy atom. The molecule has 0 aliphatic carbocycles. The molecule has 25 heavy (non-hydrogen) atoms. The van der Waals surface area contributed by atoms with Crippen molar-refractivity contribution in [1.82, 2.24) is 4.90 Å². The fraction of sp³-hybridized carbons (Fsp3) is 0.600. The molecule has 1 amide bonds. The van der Waals surface area contributed by atoms with Crippen LogP contribution in [0.3, 0.4) is 0 Å². The van der Waals surface area contributed by atoms with Gasteiger partial charge in [-0.3, -0.25) is 9.59 Å². The van der Waals surface area contributed by atoms with Crippen LogP contribution >= 0.6 is 0 Å². The number of esters is 1. The van der Waals surface area contributed by atoms with E-state index in [0.717, 1.165) is 31.4 Å². The first-order valence-corrected chi connectivity index (χ1v) is 9.18. The number of unbranched alkanes of at least 4 members (excludes halogenated alkanes) is 1. The van der Waals surface area contributed by atoms with Gasteiger partial charge in [-0.25, -0.2) is 0 Å². The molecule has 0 fully saturated rings. The van der Waals surface area contributed by atoms with Gasteiger partial charge in [-0.2, -0.15) is 0 Å². The Morgan fingerprint density at radius 3 is 2.44 bits per heavy atom. The van der Waals surface area contributed by atoms with Gasteiger partial charge in [0.1, 0.15) is 0 Å². The Hall–Kier alpha value is -1.88. The summed E-state index contributed by atoms with van der Waals surface area (Å²) in [5.41, 5.74) is 1.62. The maximum Gasteiger partial charge on any atom is 0.307 e. The Balaban J connectivity index is 2.62. The van der Waals surface area contributed by atoms with E-state index in [1.54, 1.807) is 11.8 Å². The van der Waals surface area contributed by atoms with Gasteiger partial charge in [-0.05, 0) is 38.3 Å². The zero-order valence-electron chi connectivity index (χ0n) is 15.8. The van der Waals surface area contributed by atoms with Crippen molar-refractivity contribution < 1.29 is 19.1 Å². The molecule has 5 nitrogen and oxygen atoms in total. The van der Waals surface area contributed by atoms with Crippen molar-refractivity contribution >= 4 is 11.9 Å². The van der Waals surface area contributed by atoms with E-state index in [4.69, 9.17) is 9.47 Å². The van der Waals surface area contributed by atoms with Crippen LogP contribution in [0, 0.1) is 6.92 Å². The SMILES string of the molecule is CCCCOCCCN(CCC(=O)OCC)C(=O)c1ccccc1C. The first-order valence-electron chi connectivity index (χ1n) is 9.18. The van der Waals surface area contributed by atoms with Crippen molar-refractivity contribution in [3.63, 3.8) is 0 Å². The van der Waals surface area contributed by atoms with Gasteiger partial charge in [0.15, 0.2) is 0 Å². The highest BCUT2D eigenvalue weighted by Gasteiger charge is 2.18. The van der Waals surface area contributed by atoms with Gasteiger partial charge in [0.25, 0.3) is 5.91 Å². The van der Waals surface area contributed by atoms with Crippen LogP contribution in [0.1, 0.15) is 55.5 Å². The van der Waals surface area contributed by atoms with E-state index in [0.29, 0.717) is 31.9 Å². The Morgan fingerprint density at radius 1 is 1.04 bits per heavy atom. The van der Waals surface area contributed by atoms with Gasteiger partial charge in [0.05, 0.1) is 13.0 Å². The summed E-state index contributed by atoms with van der Waals surface area (Å²) in [5, 5.41) is 0. The average molecular weight is 349 g/mol. The summed E-state index contributed by atoms with van der Waals surface area (Å²) < 4.78 is 10.5. The number of amides is 1. The highest BCUT2D eigenvalue weighted by molar-refractivity contribution is 5.95. The summed E-state index contributed by atoms with van der Waals surface area (Å²) in [7, 11) is 0. The number of hydrogen-bond acceptors (Lipinski definition) is 4. The minimum Gasteiger partial charge on any atom is -0.466 e. The number of nitrogens with zero attached hydrogens (tertiary/aromatic N) is 1.